The average Bonchev–Trinajstić information content (AvgIpc) is 3.14. The SMILES string of the molecule is CCN1C(=O)N[C@@](C)([C@H]2CCCN(CCn3cncn3)C2)C1=O. The molecule has 0 aliphatic carbocycles. The molecular formula is C15H24N6O2. The summed E-state index contributed by atoms with van der Waals surface area (Å²) in [5, 5.41) is 7.04. The van der Waals surface area contributed by atoms with E-state index in [1.54, 1.807) is 6.33 Å². The summed E-state index contributed by atoms with van der Waals surface area (Å²) in [6.45, 7) is 7.60. The highest BCUT2D eigenvalue weighted by atomic mass is 16.2. The molecule has 8 heteroatoms. The number of piperidine rings is 1. The number of likely N-dealkylation sites (N-methyl/N-ethyl adjacent to an activating group) is 1. The fraction of sp³-hybridized carbons (Fsp3) is 0.733. The molecule has 1 N–H and O–H groups in total. The van der Waals surface area contributed by atoms with Crippen LogP contribution in [0.1, 0.15) is 26.7 Å². The van der Waals surface area contributed by atoms with Crippen molar-refractivity contribution in [3.8, 4) is 0 Å². The van der Waals surface area contributed by atoms with Crippen molar-refractivity contribution in [1.82, 2.24) is 29.9 Å². The number of amides is 3. The van der Waals surface area contributed by atoms with Crippen LogP contribution in [0.3, 0.4) is 0 Å². The third-order valence-electron chi connectivity index (χ3n) is 5.05. The lowest BCUT2D eigenvalue weighted by Crippen LogP contribution is -2.56. The number of aromatic nitrogens is 3. The fourth-order valence-corrected chi connectivity index (χ4v) is 3.60. The van der Waals surface area contributed by atoms with Crippen molar-refractivity contribution in [2.75, 3.05) is 26.2 Å². The molecule has 23 heavy (non-hydrogen) atoms. The van der Waals surface area contributed by atoms with Crippen molar-refractivity contribution >= 4 is 11.9 Å². The van der Waals surface area contributed by atoms with E-state index in [4.69, 9.17) is 0 Å². The largest absolute Gasteiger partial charge is 0.325 e. The predicted molar refractivity (Wildman–Crippen MR) is 83.5 cm³/mol. The number of imide groups is 1. The Kier molecular flexibility index (Phi) is 4.34. The molecule has 3 rings (SSSR count). The molecule has 2 fully saturated rings. The number of nitrogens with zero attached hydrogens (tertiary/aromatic N) is 5. The minimum absolute atomic E-state index is 0.0897. The standard InChI is InChI=1S/C15H24N6O2/c1-3-21-13(22)15(2,18-14(21)23)12-5-4-6-19(9-12)7-8-20-11-16-10-17-20/h10-12H,3-9H2,1-2H3,(H,18,23)/t12-,15-/m0/s1. The van der Waals surface area contributed by atoms with Crippen molar-refractivity contribution < 1.29 is 9.59 Å². The molecule has 3 heterocycles. The summed E-state index contributed by atoms with van der Waals surface area (Å²) < 4.78 is 1.81. The molecule has 0 unspecified atom stereocenters. The predicted octanol–water partition coefficient (Wildman–Crippen LogP) is 0.320. The zero-order valence-electron chi connectivity index (χ0n) is 13.7. The zero-order chi connectivity index (χ0) is 16.4. The molecule has 8 nitrogen and oxygen atoms in total. The van der Waals surface area contributed by atoms with Gasteiger partial charge in [-0.05, 0) is 33.2 Å². The van der Waals surface area contributed by atoms with E-state index < -0.39 is 5.54 Å². The molecule has 2 aliphatic rings. The first-order chi connectivity index (χ1) is 11.0. The number of likely N-dealkylation sites (tertiary alicyclic amines) is 1. The molecule has 0 spiro atoms. The lowest BCUT2D eigenvalue weighted by atomic mass is 9.80. The van der Waals surface area contributed by atoms with E-state index >= 15 is 0 Å². The number of rotatable bonds is 5. The van der Waals surface area contributed by atoms with E-state index in [9.17, 15) is 9.59 Å². The highest BCUT2D eigenvalue weighted by Gasteiger charge is 2.52. The van der Waals surface area contributed by atoms with Gasteiger partial charge < -0.3 is 10.2 Å². The number of hydrogen-bond donors (Lipinski definition) is 1. The smallest absolute Gasteiger partial charge is 0.323 e. The maximum atomic E-state index is 12.6. The van der Waals surface area contributed by atoms with Gasteiger partial charge in [-0.15, -0.1) is 0 Å². The summed E-state index contributed by atoms with van der Waals surface area (Å²) in [5.74, 6) is 0.0492. The Labute approximate surface area is 135 Å². The van der Waals surface area contributed by atoms with Crippen LogP contribution in [0, 0.1) is 5.92 Å². The highest BCUT2D eigenvalue weighted by Crippen LogP contribution is 2.32. The van der Waals surface area contributed by atoms with Gasteiger partial charge in [-0.2, -0.15) is 5.10 Å². The monoisotopic (exact) mass is 320 g/mol. The van der Waals surface area contributed by atoms with E-state index in [2.05, 4.69) is 20.3 Å². The summed E-state index contributed by atoms with van der Waals surface area (Å²) >= 11 is 0. The number of urea groups is 1. The first-order valence-corrected chi connectivity index (χ1v) is 8.23. The molecule has 0 radical (unpaired) electrons. The van der Waals surface area contributed by atoms with Gasteiger partial charge in [-0.1, -0.05) is 0 Å². The Morgan fingerprint density at radius 2 is 2.22 bits per heavy atom. The van der Waals surface area contributed by atoms with Gasteiger partial charge in [0, 0.05) is 25.6 Å². The van der Waals surface area contributed by atoms with Crippen LogP contribution in [0.25, 0.3) is 0 Å². The van der Waals surface area contributed by atoms with E-state index in [1.807, 2.05) is 18.5 Å². The first-order valence-electron chi connectivity index (χ1n) is 8.23. The summed E-state index contributed by atoms with van der Waals surface area (Å²) in [5.41, 5.74) is -0.779. The summed E-state index contributed by atoms with van der Waals surface area (Å²) in [7, 11) is 0. The van der Waals surface area contributed by atoms with Crippen LogP contribution in [-0.4, -0.2) is 68.2 Å². The third-order valence-corrected chi connectivity index (χ3v) is 5.05. The normalized spacial score (nSPS) is 29.1. The number of carbonyl (C=O) groups is 2. The zero-order valence-corrected chi connectivity index (χ0v) is 13.7. The molecule has 2 aliphatic heterocycles. The minimum Gasteiger partial charge on any atom is -0.323 e. The third kappa shape index (κ3) is 2.95. The van der Waals surface area contributed by atoms with Gasteiger partial charge in [0.1, 0.15) is 18.2 Å². The molecule has 2 atom stereocenters. The lowest BCUT2D eigenvalue weighted by Gasteiger charge is -2.39. The molecule has 3 amide bonds. The van der Waals surface area contributed by atoms with E-state index in [0.29, 0.717) is 6.54 Å². The lowest BCUT2D eigenvalue weighted by molar-refractivity contribution is -0.133. The van der Waals surface area contributed by atoms with Gasteiger partial charge >= 0.3 is 6.03 Å². The molecule has 0 saturated carbocycles. The molecule has 1 aromatic rings. The van der Waals surface area contributed by atoms with Gasteiger partial charge in [0.25, 0.3) is 5.91 Å². The fourth-order valence-electron chi connectivity index (χ4n) is 3.60. The second-order valence-corrected chi connectivity index (χ2v) is 6.48. The van der Waals surface area contributed by atoms with Gasteiger partial charge in [-0.25, -0.2) is 9.78 Å². The van der Waals surface area contributed by atoms with Crippen LogP contribution < -0.4 is 5.32 Å². The maximum absolute atomic E-state index is 12.6. The van der Waals surface area contributed by atoms with Crippen molar-refractivity contribution in [3.05, 3.63) is 12.7 Å². The van der Waals surface area contributed by atoms with E-state index in [1.165, 1.54) is 11.2 Å². The van der Waals surface area contributed by atoms with Crippen molar-refractivity contribution in [2.45, 2.75) is 38.8 Å². The molecule has 126 valence electrons. The maximum Gasteiger partial charge on any atom is 0.325 e. The first kappa shape index (κ1) is 15.9. The Morgan fingerprint density at radius 3 is 2.87 bits per heavy atom. The van der Waals surface area contributed by atoms with Gasteiger partial charge in [0.15, 0.2) is 0 Å². The Balaban J connectivity index is 1.64. The Bertz CT molecular complexity index is 575. The van der Waals surface area contributed by atoms with Gasteiger partial charge in [0.05, 0.1) is 6.54 Å². The van der Waals surface area contributed by atoms with Crippen LogP contribution in [0.2, 0.25) is 0 Å². The number of nitrogens with one attached hydrogen (secondary N) is 1. The van der Waals surface area contributed by atoms with Crippen LogP contribution in [0.15, 0.2) is 12.7 Å². The highest BCUT2D eigenvalue weighted by molar-refractivity contribution is 6.07. The average molecular weight is 320 g/mol. The second kappa shape index (κ2) is 6.27. The van der Waals surface area contributed by atoms with Crippen LogP contribution >= 0.6 is 0 Å². The summed E-state index contributed by atoms with van der Waals surface area (Å²) in [6.07, 6.45) is 5.24. The Morgan fingerprint density at radius 1 is 1.39 bits per heavy atom. The van der Waals surface area contributed by atoms with Crippen molar-refractivity contribution in [3.63, 3.8) is 0 Å². The van der Waals surface area contributed by atoms with Crippen LogP contribution in [0.4, 0.5) is 4.79 Å². The quantitative estimate of drug-likeness (QED) is 0.790. The van der Waals surface area contributed by atoms with E-state index in [0.717, 1.165) is 39.0 Å². The topological polar surface area (TPSA) is 83.4 Å². The van der Waals surface area contributed by atoms with Crippen LogP contribution in [0.5, 0.6) is 0 Å². The van der Waals surface area contributed by atoms with Crippen LogP contribution in [-0.2, 0) is 11.3 Å². The Hall–Kier alpha value is -1.96. The van der Waals surface area contributed by atoms with Gasteiger partial charge in [0.2, 0.25) is 0 Å². The summed E-state index contributed by atoms with van der Waals surface area (Å²) in [4.78, 5) is 32.2. The van der Waals surface area contributed by atoms with Crippen molar-refractivity contribution in [2.24, 2.45) is 5.92 Å². The van der Waals surface area contributed by atoms with Crippen molar-refractivity contribution in [1.29, 1.82) is 0 Å². The van der Waals surface area contributed by atoms with Gasteiger partial charge in [-0.3, -0.25) is 14.4 Å². The van der Waals surface area contributed by atoms with E-state index in [-0.39, 0.29) is 17.9 Å². The summed E-state index contributed by atoms with van der Waals surface area (Å²) in [6, 6.07) is -0.264. The number of carbonyl (C=O) groups excluding carboxylic acids is 2. The second-order valence-electron chi connectivity index (χ2n) is 6.48. The minimum atomic E-state index is -0.779. The molecule has 0 bridgehead atoms. The molecular weight excluding hydrogens is 296 g/mol. The molecule has 2 saturated heterocycles. The molecule has 0 aromatic carbocycles. The number of hydrogen-bond acceptors (Lipinski definition) is 5. The molecule has 1 aromatic heterocycles.